The molecule has 15 heavy (non-hydrogen) atoms. The van der Waals surface area contributed by atoms with E-state index >= 15 is 0 Å². The zero-order chi connectivity index (χ0) is 11.1. The monoisotopic (exact) mass is 245 g/mol. The van der Waals surface area contributed by atoms with Crippen LogP contribution in [0.1, 0.15) is 24.6 Å². The molecule has 1 heterocycles. The number of rotatable bonds is 6. The third-order valence-corrected chi connectivity index (χ3v) is 3.45. The van der Waals surface area contributed by atoms with E-state index in [1.54, 1.807) is 11.3 Å². The van der Waals surface area contributed by atoms with Crippen molar-refractivity contribution in [3.8, 4) is 0 Å². The lowest BCUT2D eigenvalue weighted by Crippen LogP contribution is -2.33. The van der Waals surface area contributed by atoms with Crippen molar-refractivity contribution in [1.82, 2.24) is 5.32 Å². The Morgan fingerprint density at radius 1 is 1.67 bits per heavy atom. The van der Waals surface area contributed by atoms with Crippen LogP contribution in [0.4, 0.5) is 0 Å². The number of aryl methyl sites for hydroxylation is 1. The number of alkyl halides is 1. The molecule has 4 heteroatoms. The van der Waals surface area contributed by atoms with Crippen molar-refractivity contribution in [2.24, 2.45) is 0 Å². The lowest BCUT2D eigenvalue weighted by molar-refractivity contribution is -0.121. The second-order valence-corrected chi connectivity index (χ2v) is 4.90. The van der Waals surface area contributed by atoms with Crippen molar-refractivity contribution in [2.75, 3.05) is 5.88 Å². The molecular formula is C11H16ClNOS. The maximum Gasteiger partial charge on any atom is 0.220 e. The second kappa shape index (κ2) is 6.85. The summed E-state index contributed by atoms with van der Waals surface area (Å²) in [6.07, 6.45) is 2.47. The number of amides is 1. The fourth-order valence-electron chi connectivity index (χ4n) is 1.26. The van der Waals surface area contributed by atoms with E-state index < -0.39 is 0 Å². The Kier molecular flexibility index (Phi) is 5.73. The maximum atomic E-state index is 11.4. The van der Waals surface area contributed by atoms with Crippen molar-refractivity contribution in [3.63, 3.8) is 0 Å². The summed E-state index contributed by atoms with van der Waals surface area (Å²) in [4.78, 5) is 12.7. The van der Waals surface area contributed by atoms with Gasteiger partial charge in [0, 0.05) is 23.2 Å². The third kappa shape index (κ3) is 5.19. The molecular weight excluding hydrogens is 230 g/mol. The van der Waals surface area contributed by atoms with E-state index in [1.807, 2.05) is 13.0 Å². The molecule has 0 aliphatic carbocycles. The Balaban J connectivity index is 2.12. The molecule has 1 N–H and O–H groups in total. The second-order valence-electron chi connectivity index (χ2n) is 3.56. The van der Waals surface area contributed by atoms with Gasteiger partial charge in [0.2, 0.25) is 5.91 Å². The van der Waals surface area contributed by atoms with Gasteiger partial charge in [0.25, 0.3) is 0 Å². The highest BCUT2D eigenvalue weighted by molar-refractivity contribution is 7.09. The molecule has 0 aromatic carbocycles. The summed E-state index contributed by atoms with van der Waals surface area (Å²) in [5.74, 6) is 0.566. The van der Waals surface area contributed by atoms with E-state index in [4.69, 9.17) is 11.6 Å². The first kappa shape index (κ1) is 12.5. The van der Waals surface area contributed by atoms with Crippen LogP contribution in [0.3, 0.4) is 0 Å². The van der Waals surface area contributed by atoms with Gasteiger partial charge in [-0.2, -0.15) is 0 Å². The zero-order valence-electron chi connectivity index (χ0n) is 8.83. The molecule has 0 radical (unpaired) electrons. The van der Waals surface area contributed by atoms with Crippen LogP contribution in [0.5, 0.6) is 0 Å². The molecule has 2 nitrogen and oxygen atoms in total. The SMILES string of the molecule is CC(CCl)NC(=O)CCCc1cccs1. The molecule has 1 aromatic heterocycles. The van der Waals surface area contributed by atoms with Gasteiger partial charge in [-0.3, -0.25) is 4.79 Å². The molecule has 0 spiro atoms. The quantitative estimate of drug-likeness (QED) is 0.768. The highest BCUT2D eigenvalue weighted by Gasteiger charge is 2.05. The van der Waals surface area contributed by atoms with Crippen molar-refractivity contribution in [1.29, 1.82) is 0 Å². The number of carbonyl (C=O) groups excluding carboxylic acids is 1. The van der Waals surface area contributed by atoms with Gasteiger partial charge in [-0.1, -0.05) is 6.07 Å². The summed E-state index contributed by atoms with van der Waals surface area (Å²) in [5.41, 5.74) is 0. The van der Waals surface area contributed by atoms with E-state index in [2.05, 4.69) is 16.8 Å². The molecule has 0 aliphatic heterocycles. The van der Waals surface area contributed by atoms with Gasteiger partial charge in [-0.05, 0) is 31.2 Å². The van der Waals surface area contributed by atoms with Crippen LogP contribution in [0.25, 0.3) is 0 Å². The van der Waals surface area contributed by atoms with Gasteiger partial charge < -0.3 is 5.32 Å². The summed E-state index contributed by atoms with van der Waals surface area (Å²) in [6.45, 7) is 1.91. The summed E-state index contributed by atoms with van der Waals surface area (Å²) in [6, 6.07) is 4.21. The lowest BCUT2D eigenvalue weighted by Gasteiger charge is -2.09. The molecule has 1 atom stereocenters. The molecule has 1 unspecified atom stereocenters. The van der Waals surface area contributed by atoms with E-state index in [1.165, 1.54) is 4.88 Å². The van der Waals surface area contributed by atoms with Crippen LogP contribution in [-0.4, -0.2) is 17.8 Å². The van der Waals surface area contributed by atoms with E-state index in [-0.39, 0.29) is 11.9 Å². The minimum absolute atomic E-state index is 0.0703. The number of halogens is 1. The van der Waals surface area contributed by atoms with E-state index in [0.717, 1.165) is 12.8 Å². The molecule has 0 saturated carbocycles. The Hall–Kier alpha value is -0.540. The number of carbonyl (C=O) groups is 1. The summed E-state index contributed by atoms with van der Waals surface area (Å²) >= 11 is 7.34. The first-order valence-electron chi connectivity index (χ1n) is 5.10. The van der Waals surface area contributed by atoms with Crippen molar-refractivity contribution < 1.29 is 4.79 Å². The largest absolute Gasteiger partial charge is 0.352 e. The first-order valence-corrected chi connectivity index (χ1v) is 6.51. The standard InChI is InChI=1S/C11H16ClNOS/c1-9(8-12)13-11(14)6-2-4-10-5-3-7-15-10/h3,5,7,9H,2,4,6,8H2,1H3,(H,13,14). The fraction of sp³-hybridized carbons (Fsp3) is 0.545. The number of thiophene rings is 1. The Labute approximate surface area is 99.6 Å². The van der Waals surface area contributed by atoms with Crippen LogP contribution >= 0.6 is 22.9 Å². The molecule has 1 aromatic rings. The average Bonchev–Trinajstić information content (AvgIpc) is 2.70. The van der Waals surface area contributed by atoms with Gasteiger partial charge in [0.1, 0.15) is 0 Å². The normalized spacial score (nSPS) is 12.4. The lowest BCUT2D eigenvalue weighted by atomic mass is 10.2. The average molecular weight is 246 g/mol. The summed E-state index contributed by atoms with van der Waals surface area (Å²) in [5, 5.41) is 4.90. The van der Waals surface area contributed by atoms with Crippen molar-refractivity contribution >= 4 is 28.8 Å². The van der Waals surface area contributed by atoms with Crippen LogP contribution < -0.4 is 5.32 Å². The van der Waals surface area contributed by atoms with E-state index in [0.29, 0.717) is 12.3 Å². The van der Waals surface area contributed by atoms with Gasteiger partial charge in [-0.15, -0.1) is 22.9 Å². The summed E-state index contributed by atoms with van der Waals surface area (Å²) in [7, 11) is 0. The Morgan fingerprint density at radius 3 is 3.07 bits per heavy atom. The highest BCUT2D eigenvalue weighted by atomic mass is 35.5. The van der Waals surface area contributed by atoms with Crippen molar-refractivity contribution in [3.05, 3.63) is 22.4 Å². The highest BCUT2D eigenvalue weighted by Crippen LogP contribution is 2.11. The molecule has 0 saturated heterocycles. The zero-order valence-corrected chi connectivity index (χ0v) is 10.4. The predicted octanol–water partition coefficient (Wildman–Crippen LogP) is 2.81. The van der Waals surface area contributed by atoms with Crippen LogP contribution in [-0.2, 0) is 11.2 Å². The molecule has 0 fully saturated rings. The summed E-state index contributed by atoms with van der Waals surface area (Å²) < 4.78 is 0. The molecule has 0 bridgehead atoms. The molecule has 84 valence electrons. The Bertz CT molecular complexity index is 287. The molecule has 1 amide bonds. The van der Waals surface area contributed by atoms with Crippen molar-refractivity contribution in [2.45, 2.75) is 32.2 Å². The number of hydrogen-bond donors (Lipinski definition) is 1. The predicted molar refractivity (Wildman–Crippen MR) is 65.6 cm³/mol. The van der Waals surface area contributed by atoms with Gasteiger partial charge in [0.05, 0.1) is 0 Å². The third-order valence-electron chi connectivity index (χ3n) is 2.05. The van der Waals surface area contributed by atoms with Gasteiger partial charge >= 0.3 is 0 Å². The van der Waals surface area contributed by atoms with Gasteiger partial charge in [-0.25, -0.2) is 0 Å². The molecule has 1 rings (SSSR count). The smallest absolute Gasteiger partial charge is 0.220 e. The number of hydrogen-bond acceptors (Lipinski definition) is 2. The minimum atomic E-state index is 0.0703. The van der Waals surface area contributed by atoms with E-state index in [9.17, 15) is 4.79 Å². The van der Waals surface area contributed by atoms with Crippen LogP contribution in [0.15, 0.2) is 17.5 Å². The van der Waals surface area contributed by atoms with Crippen LogP contribution in [0, 0.1) is 0 Å². The maximum absolute atomic E-state index is 11.4. The topological polar surface area (TPSA) is 29.1 Å². The van der Waals surface area contributed by atoms with Crippen LogP contribution in [0.2, 0.25) is 0 Å². The Morgan fingerprint density at radius 2 is 2.47 bits per heavy atom. The first-order chi connectivity index (χ1) is 7.22. The minimum Gasteiger partial charge on any atom is -0.352 e. The molecule has 0 aliphatic rings. The number of nitrogens with one attached hydrogen (secondary N) is 1. The fourth-order valence-corrected chi connectivity index (χ4v) is 2.09. The van der Waals surface area contributed by atoms with Gasteiger partial charge in [0.15, 0.2) is 0 Å².